The van der Waals surface area contributed by atoms with E-state index < -0.39 is 11.7 Å². The number of benzene rings is 2. The molecule has 1 heterocycles. The molecule has 0 saturated heterocycles. The summed E-state index contributed by atoms with van der Waals surface area (Å²) in [6, 6.07) is 14.6. The Bertz CT molecular complexity index is 961. The fourth-order valence-corrected chi connectivity index (χ4v) is 2.59. The summed E-state index contributed by atoms with van der Waals surface area (Å²) >= 11 is 0. The third-order valence-electron chi connectivity index (χ3n) is 4.03. The Morgan fingerprint density at radius 3 is 2.54 bits per heavy atom. The lowest BCUT2D eigenvalue weighted by molar-refractivity contribution is 0.102. The predicted octanol–water partition coefficient (Wildman–Crippen LogP) is 4.10. The van der Waals surface area contributed by atoms with Gasteiger partial charge in [-0.25, -0.2) is 9.37 Å². The van der Waals surface area contributed by atoms with E-state index in [4.69, 9.17) is 9.47 Å². The first kappa shape index (κ1) is 19.2. The van der Waals surface area contributed by atoms with Crippen LogP contribution in [0.25, 0.3) is 0 Å². The van der Waals surface area contributed by atoms with E-state index in [1.807, 2.05) is 18.2 Å². The molecule has 1 amide bonds. The van der Waals surface area contributed by atoms with Gasteiger partial charge in [-0.05, 0) is 48.0 Å². The highest BCUT2D eigenvalue weighted by Gasteiger charge is 2.08. The molecule has 7 heteroatoms. The maximum Gasteiger partial charge on any atom is 0.255 e. The SMILES string of the molecule is COc1ccc(CNc2ccc(NC(=O)c3cccc(F)c3)cn2)cc1OC. The predicted molar refractivity (Wildman–Crippen MR) is 105 cm³/mol. The van der Waals surface area contributed by atoms with Gasteiger partial charge in [-0.1, -0.05) is 12.1 Å². The molecule has 2 aromatic carbocycles. The lowest BCUT2D eigenvalue weighted by Crippen LogP contribution is -2.12. The summed E-state index contributed by atoms with van der Waals surface area (Å²) in [4.78, 5) is 16.4. The molecule has 0 aliphatic carbocycles. The Balaban J connectivity index is 1.59. The molecular formula is C21H20FN3O3. The number of rotatable bonds is 7. The first-order chi connectivity index (χ1) is 13.6. The number of nitrogens with one attached hydrogen (secondary N) is 2. The molecule has 144 valence electrons. The topological polar surface area (TPSA) is 72.5 Å². The number of carbonyl (C=O) groups excluding carboxylic acids is 1. The molecule has 1 aromatic heterocycles. The fourth-order valence-electron chi connectivity index (χ4n) is 2.59. The summed E-state index contributed by atoms with van der Waals surface area (Å²) in [6.07, 6.45) is 1.54. The minimum absolute atomic E-state index is 0.246. The molecule has 0 bridgehead atoms. The molecule has 0 aliphatic rings. The second-order valence-corrected chi connectivity index (χ2v) is 5.94. The minimum atomic E-state index is -0.458. The van der Waals surface area contributed by atoms with Gasteiger partial charge < -0.3 is 20.1 Å². The van der Waals surface area contributed by atoms with Crippen molar-refractivity contribution in [3.63, 3.8) is 0 Å². The number of hydrogen-bond acceptors (Lipinski definition) is 5. The highest BCUT2D eigenvalue weighted by molar-refractivity contribution is 6.04. The zero-order chi connectivity index (χ0) is 19.9. The van der Waals surface area contributed by atoms with Crippen LogP contribution in [0.5, 0.6) is 11.5 Å². The van der Waals surface area contributed by atoms with Gasteiger partial charge in [-0.2, -0.15) is 0 Å². The highest BCUT2D eigenvalue weighted by atomic mass is 19.1. The van der Waals surface area contributed by atoms with Crippen molar-refractivity contribution >= 4 is 17.4 Å². The Morgan fingerprint density at radius 1 is 1.04 bits per heavy atom. The molecule has 0 spiro atoms. The highest BCUT2D eigenvalue weighted by Crippen LogP contribution is 2.27. The lowest BCUT2D eigenvalue weighted by atomic mass is 10.2. The van der Waals surface area contributed by atoms with E-state index >= 15 is 0 Å². The van der Waals surface area contributed by atoms with Crippen LogP contribution in [-0.4, -0.2) is 25.1 Å². The molecule has 0 aliphatic heterocycles. The van der Waals surface area contributed by atoms with E-state index in [2.05, 4.69) is 15.6 Å². The van der Waals surface area contributed by atoms with E-state index in [1.165, 1.54) is 24.4 Å². The van der Waals surface area contributed by atoms with Crippen molar-refractivity contribution < 1.29 is 18.7 Å². The number of hydrogen-bond donors (Lipinski definition) is 2. The van der Waals surface area contributed by atoms with Gasteiger partial charge in [-0.3, -0.25) is 4.79 Å². The van der Waals surface area contributed by atoms with Crippen molar-refractivity contribution in [3.8, 4) is 11.5 Å². The van der Waals surface area contributed by atoms with E-state index in [9.17, 15) is 9.18 Å². The van der Waals surface area contributed by atoms with Gasteiger partial charge in [0.1, 0.15) is 11.6 Å². The number of nitrogens with zero attached hydrogens (tertiary/aromatic N) is 1. The van der Waals surface area contributed by atoms with Crippen molar-refractivity contribution in [2.45, 2.75) is 6.54 Å². The van der Waals surface area contributed by atoms with Crippen molar-refractivity contribution in [3.05, 3.63) is 77.7 Å². The number of amides is 1. The van der Waals surface area contributed by atoms with Crippen LogP contribution in [0.3, 0.4) is 0 Å². The van der Waals surface area contributed by atoms with Crippen LogP contribution in [0.2, 0.25) is 0 Å². The van der Waals surface area contributed by atoms with Gasteiger partial charge in [0.15, 0.2) is 11.5 Å². The Kier molecular flexibility index (Phi) is 6.06. The second-order valence-electron chi connectivity index (χ2n) is 5.94. The van der Waals surface area contributed by atoms with Crippen LogP contribution in [0.4, 0.5) is 15.9 Å². The maximum atomic E-state index is 13.2. The molecule has 0 saturated carbocycles. The fraction of sp³-hybridized carbons (Fsp3) is 0.143. The maximum absolute atomic E-state index is 13.2. The summed E-state index contributed by atoms with van der Waals surface area (Å²) in [5.74, 6) is 1.12. The smallest absolute Gasteiger partial charge is 0.255 e. The molecule has 2 N–H and O–H groups in total. The third-order valence-corrected chi connectivity index (χ3v) is 4.03. The van der Waals surface area contributed by atoms with Gasteiger partial charge in [-0.15, -0.1) is 0 Å². The van der Waals surface area contributed by atoms with Gasteiger partial charge in [0, 0.05) is 12.1 Å². The largest absolute Gasteiger partial charge is 0.493 e. The second kappa shape index (κ2) is 8.85. The van der Waals surface area contributed by atoms with Gasteiger partial charge in [0.05, 0.1) is 26.1 Å². The van der Waals surface area contributed by atoms with E-state index in [-0.39, 0.29) is 5.56 Å². The van der Waals surface area contributed by atoms with Crippen LogP contribution < -0.4 is 20.1 Å². The lowest BCUT2D eigenvalue weighted by Gasteiger charge is -2.11. The van der Waals surface area contributed by atoms with Crippen molar-refractivity contribution in [1.29, 1.82) is 0 Å². The van der Waals surface area contributed by atoms with E-state index in [0.29, 0.717) is 29.5 Å². The van der Waals surface area contributed by atoms with Crippen molar-refractivity contribution in [1.82, 2.24) is 4.98 Å². The quantitative estimate of drug-likeness (QED) is 0.645. The zero-order valence-electron chi connectivity index (χ0n) is 15.5. The zero-order valence-corrected chi connectivity index (χ0v) is 15.5. The Labute approximate surface area is 162 Å². The number of anilines is 2. The molecule has 0 atom stereocenters. The number of ether oxygens (including phenoxy) is 2. The molecule has 6 nitrogen and oxygen atoms in total. The normalized spacial score (nSPS) is 10.2. The first-order valence-electron chi connectivity index (χ1n) is 8.57. The minimum Gasteiger partial charge on any atom is -0.493 e. The molecular weight excluding hydrogens is 361 g/mol. The number of pyridine rings is 1. The average Bonchev–Trinajstić information content (AvgIpc) is 2.73. The number of aromatic nitrogens is 1. The van der Waals surface area contributed by atoms with Crippen LogP contribution in [0.15, 0.2) is 60.8 Å². The molecule has 0 radical (unpaired) electrons. The summed E-state index contributed by atoms with van der Waals surface area (Å²) in [5, 5.41) is 5.89. The summed E-state index contributed by atoms with van der Waals surface area (Å²) in [6.45, 7) is 0.544. The molecule has 0 fully saturated rings. The van der Waals surface area contributed by atoms with Gasteiger partial charge >= 0.3 is 0 Å². The Hall–Kier alpha value is -3.61. The summed E-state index contributed by atoms with van der Waals surface area (Å²) in [7, 11) is 3.18. The molecule has 3 aromatic rings. The Morgan fingerprint density at radius 2 is 1.86 bits per heavy atom. The molecule has 3 rings (SSSR count). The third kappa shape index (κ3) is 4.76. The number of methoxy groups -OCH3 is 2. The van der Waals surface area contributed by atoms with Gasteiger partial charge in [0.2, 0.25) is 0 Å². The standard InChI is InChI=1S/C21H20FN3O3/c1-27-18-8-6-14(10-19(18)28-2)12-23-20-9-7-17(13-24-20)25-21(26)15-4-3-5-16(22)11-15/h3-11,13H,12H2,1-2H3,(H,23,24)(H,25,26). The van der Waals surface area contributed by atoms with E-state index in [1.54, 1.807) is 32.4 Å². The van der Waals surface area contributed by atoms with E-state index in [0.717, 1.165) is 5.56 Å². The summed E-state index contributed by atoms with van der Waals surface area (Å²) < 4.78 is 23.7. The van der Waals surface area contributed by atoms with Crippen LogP contribution in [0.1, 0.15) is 15.9 Å². The first-order valence-corrected chi connectivity index (χ1v) is 8.57. The average molecular weight is 381 g/mol. The number of halogens is 1. The van der Waals surface area contributed by atoms with Gasteiger partial charge in [0.25, 0.3) is 5.91 Å². The molecule has 0 unspecified atom stereocenters. The monoisotopic (exact) mass is 381 g/mol. The number of carbonyl (C=O) groups is 1. The van der Waals surface area contributed by atoms with Crippen LogP contribution in [-0.2, 0) is 6.54 Å². The van der Waals surface area contributed by atoms with Crippen LogP contribution >= 0.6 is 0 Å². The molecule has 28 heavy (non-hydrogen) atoms. The summed E-state index contributed by atoms with van der Waals surface area (Å²) in [5.41, 5.74) is 1.77. The van der Waals surface area contributed by atoms with Crippen LogP contribution in [0, 0.1) is 5.82 Å². The van der Waals surface area contributed by atoms with Crippen molar-refractivity contribution in [2.75, 3.05) is 24.9 Å². The van der Waals surface area contributed by atoms with Crippen molar-refractivity contribution in [2.24, 2.45) is 0 Å².